The molecule has 2 amide bonds. The molecule has 0 spiro atoms. The van der Waals surface area contributed by atoms with Crippen LogP contribution in [0.5, 0.6) is 0 Å². The zero-order valence-corrected chi connectivity index (χ0v) is 12.4. The van der Waals surface area contributed by atoms with Gasteiger partial charge in [0.1, 0.15) is 0 Å². The molecular formula is C14H18ClN3O3. The van der Waals surface area contributed by atoms with Gasteiger partial charge in [0.05, 0.1) is 29.5 Å². The summed E-state index contributed by atoms with van der Waals surface area (Å²) in [4.78, 5) is 25.6. The zero-order chi connectivity index (χ0) is 15.2. The molecule has 1 aromatic carbocycles. The van der Waals surface area contributed by atoms with Crippen LogP contribution in [0.1, 0.15) is 16.8 Å². The van der Waals surface area contributed by atoms with Crippen molar-refractivity contribution in [2.45, 2.75) is 6.42 Å². The second-order valence-corrected chi connectivity index (χ2v) is 5.09. The summed E-state index contributed by atoms with van der Waals surface area (Å²) in [6.45, 7) is 2.61. The van der Waals surface area contributed by atoms with E-state index in [2.05, 4.69) is 5.32 Å². The van der Waals surface area contributed by atoms with E-state index in [1.54, 1.807) is 23.1 Å². The van der Waals surface area contributed by atoms with Crippen LogP contribution in [0.25, 0.3) is 0 Å². The Kier molecular flexibility index (Phi) is 5.41. The second-order valence-electron chi connectivity index (χ2n) is 4.71. The number of amides is 2. The normalized spacial score (nSPS) is 14.8. The van der Waals surface area contributed by atoms with Crippen molar-refractivity contribution in [3.63, 3.8) is 0 Å². The SMILES string of the molecule is Nc1cccc(C(=O)NCCC(=O)N2CCOCC2)c1Cl. The lowest BCUT2D eigenvalue weighted by Gasteiger charge is -2.26. The summed E-state index contributed by atoms with van der Waals surface area (Å²) in [5.74, 6) is -0.320. The molecule has 1 saturated heterocycles. The predicted octanol–water partition coefficient (Wildman–Crippen LogP) is 0.901. The van der Waals surface area contributed by atoms with Crippen molar-refractivity contribution in [1.82, 2.24) is 10.2 Å². The molecule has 0 aromatic heterocycles. The maximum Gasteiger partial charge on any atom is 0.252 e. The number of rotatable bonds is 4. The van der Waals surface area contributed by atoms with E-state index in [0.717, 1.165) is 0 Å². The number of hydrogen-bond donors (Lipinski definition) is 2. The number of nitrogens with two attached hydrogens (primary N) is 1. The molecule has 2 rings (SSSR count). The van der Waals surface area contributed by atoms with Gasteiger partial charge in [-0.1, -0.05) is 17.7 Å². The van der Waals surface area contributed by atoms with Gasteiger partial charge in [-0.05, 0) is 12.1 Å². The first-order valence-corrected chi connectivity index (χ1v) is 7.15. The van der Waals surface area contributed by atoms with Crippen molar-refractivity contribution >= 4 is 29.1 Å². The van der Waals surface area contributed by atoms with Gasteiger partial charge in [-0.15, -0.1) is 0 Å². The molecule has 0 atom stereocenters. The molecule has 0 bridgehead atoms. The van der Waals surface area contributed by atoms with Crippen molar-refractivity contribution in [2.24, 2.45) is 0 Å². The summed E-state index contributed by atoms with van der Waals surface area (Å²) in [5.41, 5.74) is 6.32. The Hall–Kier alpha value is -1.79. The first-order valence-electron chi connectivity index (χ1n) is 6.77. The Balaban J connectivity index is 1.81. The maximum atomic E-state index is 12.0. The Morgan fingerprint density at radius 2 is 2.05 bits per heavy atom. The van der Waals surface area contributed by atoms with E-state index in [-0.39, 0.29) is 29.8 Å². The molecule has 1 aliphatic rings. The Morgan fingerprint density at radius 1 is 1.33 bits per heavy atom. The second kappa shape index (κ2) is 7.28. The Labute approximate surface area is 128 Å². The summed E-state index contributed by atoms with van der Waals surface area (Å²) in [5, 5.41) is 2.91. The molecule has 1 aliphatic heterocycles. The minimum atomic E-state index is -0.331. The van der Waals surface area contributed by atoms with Gasteiger partial charge in [-0.2, -0.15) is 0 Å². The predicted molar refractivity (Wildman–Crippen MR) is 80.2 cm³/mol. The lowest BCUT2D eigenvalue weighted by molar-refractivity contribution is -0.135. The van der Waals surface area contributed by atoms with Gasteiger partial charge < -0.3 is 20.7 Å². The number of benzene rings is 1. The molecule has 1 heterocycles. The first-order chi connectivity index (χ1) is 10.1. The number of carbonyl (C=O) groups excluding carboxylic acids is 2. The molecule has 6 nitrogen and oxygen atoms in total. The van der Waals surface area contributed by atoms with Crippen molar-refractivity contribution in [3.8, 4) is 0 Å². The Bertz CT molecular complexity index is 530. The molecule has 0 aliphatic carbocycles. The molecule has 114 valence electrons. The molecule has 7 heteroatoms. The highest BCUT2D eigenvalue weighted by Crippen LogP contribution is 2.22. The number of nitrogen functional groups attached to an aromatic ring is 1. The van der Waals surface area contributed by atoms with E-state index < -0.39 is 0 Å². The number of anilines is 1. The zero-order valence-electron chi connectivity index (χ0n) is 11.6. The molecule has 1 fully saturated rings. The summed E-state index contributed by atoms with van der Waals surface area (Å²) < 4.78 is 5.18. The number of ether oxygens (including phenoxy) is 1. The van der Waals surface area contributed by atoms with Crippen LogP contribution < -0.4 is 11.1 Å². The summed E-state index contributed by atoms with van der Waals surface area (Å²) >= 11 is 5.98. The van der Waals surface area contributed by atoms with E-state index in [4.69, 9.17) is 22.1 Å². The van der Waals surface area contributed by atoms with Crippen molar-refractivity contribution in [3.05, 3.63) is 28.8 Å². The number of nitrogens with one attached hydrogen (secondary N) is 1. The van der Waals surface area contributed by atoms with E-state index in [9.17, 15) is 9.59 Å². The molecule has 3 N–H and O–H groups in total. The minimum absolute atomic E-state index is 0.0114. The van der Waals surface area contributed by atoms with E-state index in [1.165, 1.54) is 0 Å². The van der Waals surface area contributed by atoms with Crippen LogP contribution in [0.15, 0.2) is 18.2 Å². The molecule has 21 heavy (non-hydrogen) atoms. The molecule has 0 saturated carbocycles. The smallest absolute Gasteiger partial charge is 0.252 e. The summed E-state index contributed by atoms with van der Waals surface area (Å²) in [6, 6.07) is 4.88. The average Bonchev–Trinajstić information content (AvgIpc) is 2.50. The lowest BCUT2D eigenvalue weighted by Crippen LogP contribution is -2.42. The largest absolute Gasteiger partial charge is 0.398 e. The van der Waals surface area contributed by atoms with Crippen molar-refractivity contribution < 1.29 is 14.3 Å². The molecular weight excluding hydrogens is 294 g/mol. The summed E-state index contributed by atoms with van der Waals surface area (Å²) in [7, 11) is 0. The third kappa shape index (κ3) is 4.09. The van der Waals surface area contributed by atoms with Crippen LogP contribution in [0.3, 0.4) is 0 Å². The van der Waals surface area contributed by atoms with Crippen molar-refractivity contribution in [1.29, 1.82) is 0 Å². The molecule has 0 unspecified atom stereocenters. The van der Waals surface area contributed by atoms with Crippen LogP contribution in [0.2, 0.25) is 5.02 Å². The highest BCUT2D eigenvalue weighted by Gasteiger charge is 2.17. The lowest BCUT2D eigenvalue weighted by atomic mass is 10.2. The summed E-state index contributed by atoms with van der Waals surface area (Å²) in [6.07, 6.45) is 0.256. The maximum absolute atomic E-state index is 12.0. The fraction of sp³-hybridized carbons (Fsp3) is 0.429. The first kappa shape index (κ1) is 15.6. The number of carbonyl (C=O) groups is 2. The van der Waals surface area contributed by atoms with Crippen LogP contribution in [-0.2, 0) is 9.53 Å². The average molecular weight is 312 g/mol. The minimum Gasteiger partial charge on any atom is -0.398 e. The van der Waals surface area contributed by atoms with Crippen LogP contribution >= 0.6 is 11.6 Å². The fourth-order valence-corrected chi connectivity index (χ4v) is 2.29. The van der Waals surface area contributed by atoms with Gasteiger partial charge in [0.25, 0.3) is 5.91 Å². The molecule has 1 aromatic rings. The van der Waals surface area contributed by atoms with Gasteiger partial charge in [0.2, 0.25) is 5.91 Å². The third-order valence-corrected chi connectivity index (χ3v) is 3.68. The fourth-order valence-electron chi connectivity index (χ4n) is 2.07. The third-order valence-electron chi connectivity index (χ3n) is 3.26. The van der Waals surface area contributed by atoms with Crippen molar-refractivity contribution in [2.75, 3.05) is 38.6 Å². The van der Waals surface area contributed by atoms with Gasteiger partial charge in [-0.3, -0.25) is 9.59 Å². The van der Waals surface area contributed by atoms with Crippen LogP contribution in [0.4, 0.5) is 5.69 Å². The number of halogens is 1. The van der Waals surface area contributed by atoms with Crippen LogP contribution in [0, 0.1) is 0 Å². The van der Waals surface area contributed by atoms with Crippen LogP contribution in [-0.4, -0.2) is 49.6 Å². The topological polar surface area (TPSA) is 84.7 Å². The standard InChI is InChI=1S/C14H18ClN3O3/c15-13-10(2-1-3-11(13)16)14(20)17-5-4-12(19)18-6-8-21-9-7-18/h1-3H,4-9,16H2,(H,17,20). The number of hydrogen-bond acceptors (Lipinski definition) is 4. The van der Waals surface area contributed by atoms with E-state index in [1.807, 2.05) is 0 Å². The van der Waals surface area contributed by atoms with Gasteiger partial charge in [0.15, 0.2) is 0 Å². The quantitative estimate of drug-likeness (QED) is 0.809. The highest BCUT2D eigenvalue weighted by atomic mass is 35.5. The monoisotopic (exact) mass is 311 g/mol. The van der Waals surface area contributed by atoms with Gasteiger partial charge in [-0.25, -0.2) is 0 Å². The van der Waals surface area contributed by atoms with E-state index >= 15 is 0 Å². The highest BCUT2D eigenvalue weighted by molar-refractivity contribution is 6.36. The Morgan fingerprint density at radius 3 is 2.76 bits per heavy atom. The van der Waals surface area contributed by atoms with Gasteiger partial charge in [0, 0.05) is 26.1 Å². The van der Waals surface area contributed by atoms with E-state index in [0.29, 0.717) is 37.6 Å². The molecule has 0 radical (unpaired) electrons. The number of nitrogens with zero attached hydrogens (tertiary/aromatic N) is 1. The number of morpholine rings is 1. The van der Waals surface area contributed by atoms with Gasteiger partial charge >= 0.3 is 0 Å².